The van der Waals surface area contributed by atoms with Crippen LogP contribution in [0.1, 0.15) is 35.2 Å². The van der Waals surface area contributed by atoms with Gasteiger partial charge in [-0.25, -0.2) is 9.18 Å². The van der Waals surface area contributed by atoms with Gasteiger partial charge in [0, 0.05) is 44.0 Å². The number of hydrogen-bond donors (Lipinski definition) is 1. The van der Waals surface area contributed by atoms with Crippen molar-refractivity contribution >= 4 is 17.6 Å². The molecule has 0 aromatic heterocycles. The number of anilines is 1. The van der Waals surface area contributed by atoms with Crippen LogP contribution in [0.2, 0.25) is 0 Å². The first kappa shape index (κ1) is 20.3. The van der Waals surface area contributed by atoms with Crippen LogP contribution >= 0.6 is 0 Å². The molecule has 0 unspecified atom stereocenters. The molecule has 30 heavy (non-hydrogen) atoms. The second-order valence-electron chi connectivity index (χ2n) is 7.73. The highest BCUT2D eigenvalue weighted by molar-refractivity contribution is 5.96. The minimum absolute atomic E-state index is 0.0823. The van der Waals surface area contributed by atoms with Gasteiger partial charge in [0.05, 0.1) is 6.10 Å². The summed E-state index contributed by atoms with van der Waals surface area (Å²) in [6.45, 7) is 3.01. The maximum absolute atomic E-state index is 13.1. The summed E-state index contributed by atoms with van der Waals surface area (Å²) < 4.78 is 18.6. The maximum atomic E-state index is 13.1. The first-order valence-electron chi connectivity index (χ1n) is 10.4. The highest BCUT2D eigenvalue weighted by Crippen LogP contribution is 2.22. The number of rotatable bonds is 6. The van der Waals surface area contributed by atoms with Crippen LogP contribution < -0.4 is 10.2 Å². The van der Waals surface area contributed by atoms with Crippen LogP contribution in [-0.2, 0) is 11.3 Å². The van der Waals surface area contributed by atoms with Crippen LogP contribution in [0.5, 0.6) is 0 Å². The van der Waals surface area contributed by atoms with Crippen LogP contribution in [0.3, 0.4) is 0 Å². The van der Waals surface area contributed by atoms with Crippen molar-refractivity contribution in [2.24, 2.45) is 0 Å². The Morgan fingerprint density at radius 3 is 2.53 bits per heavy atom. The molecule has 1 atom stereocenters. The fourth-order valence-electron chi connectivity index (χ4n) is 3.88. The molecule has 1 N–H and O–H groups in total. The zero-order valence-corrected chi connectivity index (χ0v) is 16.9. The average molecular weight is 411 g/mol. The third-order valence-electron chi connectivity index (χ3n) is 5.55. The number of carbonyl (C=O) groups is 2. The Kier molecular flexibility index (Phi) is 6.28. The van der Waals surface area contributed by atoms with E-state index in [-0.39, 0.29) is 23.9 Å². The maximum Gasteiger partial charge on any atom is 0.324 e. The van der Waals surface area contributed by atoms with Crippen molar-refractivity contribution in [3.63, 3.8) is 0 Å². The Morgan fingerprint density at radius 1 is 1.07 bits per heavy atom. The van der Waals surface area contributed by atoms with Crippen molar-refractivity contribution in [2.45, 2.75) is 31.9 Å². The van der Waals surface area contributed by atoms with Gasteiger partial charge in [-0.3, -0.25) is 9.69 Å². The second-order valence-corrected chi connectivity index (χ2v) is 7.73. The first-order valence-corrected chi connectivity index (χ1v) is 10.4. The molecule has 4 rings (SSSR count). The van der Waals surface area contributed by atoms with Gasteiger partial charge in [-0.05, 0) is 61.2 Å². The molecule has 6 nitrogen and oxygen atoms in total. The van der Waals surface area contributed by atoms with Crippen LogP contribution in [-0.4, -0.2) is 49.2 Å². The lowest BCUT2D eigenvalue weighted by molar-refractivity contribution is 0.0858. The van der Waals surface area contributed by atoms with E-state index in [1.54, 1.807) is 46.2 Å². The van der Waals surface area contributed by atoms with Gasteiger partial charge in [0.2, 0.25) is 0 Å². The molecule has 158 valence electrons. The number of hydrogen-bond acceptors (Lipinski definition) is 3. The van der Waals surface area contributed by atoms with Crippen molar-refractivity contribution in [1.82, 2.24) is 10.2 Å². The topological polar surface area (TPSA) is 61.9 Å². The summed E-state index contributed by atoms with van der Waals surface area (Å²) in [6, 6.07) is 13.2. The van der Waals surface area contributed by atoms with E-state index in [1.165, 1.54) is 12.1 Å². The Morgan fingerprint density at radius 2 is 1.83 bits per heavy atom. The number of amides is 3. The molecule has 2 heterocycles. The van der Waals surface area contributed by atoms with Crippen molar-refractivity contribution < 1.29 is 18.7 Å². The number of nitrogens with zero attached hydrogens (tertiary/aromatic N) is 2. The zero-order chi connectivity index (χ0) is 20.9. The molecule has 2 fully saturated rings. The quantitative estimate of drug-likeness (QED) is 0.791. The van der Waals surface area contributed by atoms with Gasteiger partial charge < -0.3 is 15.0 Å². The molecule has 0 radical (unpaired) electrons. The predicted octanol–water partition coefficient (Wildman–Crippen LogP) is 3.57. The van der Waals surface area contributed by atoms with E-state index in [1.807, 2.05) is 0 Å². The molecule has 2 aliphatic heterocycles. The van der Waals surface area contributed by atoms with E-state index in [2.05, 4.69) is 5.32 Å². The fraction of sp³-hybridized carbons (Fsp3) is 0.391. The highest BCUT2D eigenvalue weighted by atomic mass is 19.1. The molecule has 0 saturated carbocycles. The number of halogens is 1. The minimum atomic E-state index is -0.287. The molecular formula is C23H26FN3O3. The summed E-state index contributed by atoms with van der Waals surface area (Å²) in [4.78, 5) is 28.8. The molecule has 2 aliphatic rings. The second kappa shape index (κ2) is 9.26. The van der Waals surface area contributed by atoms with Gasteiger partial charge in [-0.15, -0.1) is 0 Å². The van der Waals surface area contributed by atoms with Crippen LogP contribution in [0.4, 0.5) is 14.9 Å². The van der Waals surface area contributed by atoms with Crippen LogP contribution in [0.15, 0.2) is 48.5 Å². The van der Waals surface area contributed by atoms with Crippen LogP contribution in [0.25, 0.3) is 0 Å². The van der Waals surface area contributed by atoms with Crippen molar-refractivity contribution in [3.05, 3.63) is 65.5 Å². The van der Waals surface area contributed by atoms with Crippen molar-refractivity contribution in [1.29, 1.82) is 0 Å². The van der Waals surface area contributed by atoms with Crippen LogP contribution in [0, 0.1) is 5.82 Å². The van der Waals surface area contributed by atoms with Gasteiger partial charge in [-0.1, -0.05) is 12.1 Å². The molecule has 0 bridgehead atoms. The van der Waals surface area contributed by atoms with E-state index in [0.717, 1.165) is 37.1 Å². The number of benzene rings is 2. The first-order chi connectivity index (χ1) is 14.6. The molecular weight excluding hydrogens is 385 g/mol. The summed E-state index contributed by atoms with van der Waals surface area (Å²) in [5.74, 6) is -0.426. The normalized spacial score (nSPS) is 19.2. The minimum Gasteiger partial charge on any atom is -0.376 e. The summed E-state index contributed by atoms with van der Waals surface area (Å²) in [5, 5.41) is 2.91. The average Bonchev–Trinajstić information content (AvgIpc) is 3.29. The molecule has 2 aromatic carbocycles. The van der Waals surface area contributed by atoms with E-state index in [9.17, 15) is 14.0 Å². The third kappa shape index (κ3) is 4.79. The Bertz CT molecular complexity index is 880. The largest absolute Gasteiger partial charge is 0.376 e. The molecule has 0 spiro atoms. The number of carbonyl (C=O) groups excluding carboxylic acids is 2. The molecule has 0 aliphatic carbocycles. The van der Waals surface area contributed by atoms with E-state index >= 15 is 0 Å². The lowest BCUT2D eigenvalue weighted by atomic mass is 10.1. The summed E-state index contributed by atoms with van der Waals surface area (Å²) >= 11 is 0. The SMILES string of the molecule is O=C(NC[C@H]1CCCO1)c1ccc(N2CCCN(Cc3ccc(F)cc3)C2=O)cc1. The predicted molar refractivity (Wildman–Crippen MR) is 112 cm³/mol. The smallest absolute Gasteiger partial charge is 0.324 e. The Labute approximate surface area is 175 Å². The lowest BCUT2D eigenvalue weighted by Crippen LogP contribution is -2.49. The Balaban J connectivity index is 1.37. The fourth-order valence-corrected chi connectivity index (χ4v) is 3.88. The van der Waals surface area contributed by atoms with Gasteiger partial charge in [0.25, 0.3) is 5.91 Å². The van der Waals surface area contributed by atoms with E-state index in [4.69, 9.17) is 4.74 Å². The zero-order valence-electron chi connectivity index (χ0n) is 16.9. The van der Waals surface area contributed by atoms with Gasteiger partial charge in [0.1, 0.15) is 5.82 Å². The molecule has 7 heteroatoms. The summed E-state index contributed by atoms with van der Waals surface area (Å²) in [7, 11) is 0. The molecule has 2 saturated heterocycles. The Hall–Kier alpha value is -2.93. The molecule has 2 aromatic rings. The van der Waals surface area contributed by atoms with E-state index in [0.29, 0.717) is 31.7 Å². The summed E-state index contributed by atoms with van der Waals surface area (Å²) in [5.41, 5.74) is 2.22. The number of nitrogens with one attached hydrogen (secondary N) is 1. The third-order valence-corrected chi connectivity index (χ3v) is 5.55. The van der Waals surface area contributed by atoms with Crippen molar-refractivity contribution in [3.8, 4) is 0 Å². The van der Waals surface area contributed by atoms with Crippen molar-refractivity contribution in [2.75, 3.05) is 31.1 Å². The monoisotopic (exact) mass is 411 g/mol. The lowest BCUT2D eigenvalue weighted by Gasteiger charge is -2.35. The number of urea groups is 1. The van der Waals surface area contributed by atoms with Gasteiger partial charge in [-0.2, -0.15) is 0 Å². The van der Waals surface area contributed by atoms with Gasteiger partial charge >= 0.3 is 6.03 Å². The van der Waals surface area contributed by atoms with Gasteiger partial charge in [0.15, 0.2) is 0 Å². The van der Waals surface area contributed by atoms with E-state index < -0.39 is 0 Å². The number of ether oxygens (including phenoxy) is 1. The molecule has 3 amide bonds. The standard InChI is InChI=1S/C23H26FN3O3/c24-19-8-4-17(5-9-19)16-26-12-2-13-27(23(26)29)20-10-6-18(7-11-20)22(28)25-15-21-3-1-14-30-21/h4-11,21H,1-3,12-16H2,(H,25,28)/t21-/m1/s1. The highest BCUT2D eigenvalue weighted by Gasteiger charge is 2.27. The summed E-state index contributed by atoms with van der Waals surface area (Å²) in [6.07, 6.45) is 2.96.